The number of carbonyl (C=O) groups excluding carboxylic acids is 5. The third-order valence-electron chi connectivity index (χ3n) is 12.9. The SMILES string of the molecule is CCOCCC(=O)N[C@H](C(=O)N[C@@H](C)C(=O)Nc1ccc(C2=CN3C(=O)c4cc(OC)c(OCCCOc5cc6c(cc5C)C(=O)N5C=C(c7ccc(OC)cc7)C[C@H]5C=N6)cc4N=C[C@@H]3C2)cc1)C(C)C. The smallest absolute Gasteiger partial charge is 0.260 e. The molecule has 17 heteroatoms. The van der Waals surface area contributed by atoms with E-state index in [0.717, 1.165) is 33.6 Å². The Hall–Kier alpha value is -7.79. The van der Waals surface area contributed by atoms with E-state index in [0.29, 0.717) is 84.5 Å². The number of hydrogen-bond acceptors (Lipinski definition) is 12. The van der Waals surface area contributed by atoms with Crippen LogP contribution in [0.1, 0.15) is 90.8 Å². The summed E-state index contributed by atoms with van der Waals surface area (Å²) in [6.07, 6.45) is 9.17. The van der Waals surface area contributed by atoms with Gasteiger partial charge in [-0.25, -0.2) is 0 Å². The summed E-state index contributed by atoms with van der Waals surface area (Å²) < 4.78 is 28.6. The van der Waals surface area contributed by atoms with E-state index in [1.165, 1.54) is 7.11 Å². The molecule has 3 N–H and O–H groups in total. The number of amides is 5. The highest BCUT2D eigenvalue weighted by atomic mass is 16.5. The van der Waals surface area contributed by atoms with Gasteiger partial charge in [-0.15, -0.1) is 0 Å². The topological polar surface area (TPSA) is 199 Å². The molecule has 0 aliphatic carbocycles. The molecule has 0 saturated heterocycles. The van der Waals surface area contributed by atoms with Crippen LogP contribution in [0.4, 0.5) is 17.1 Å². The minimum Gasteiger partial charge on any atom is -0.497 e. The van der Waals surface area contributed by atoms with Crippen molar-refractivity contribution >= 4 is 70.2 Å². The number of anilines is 1. The van der Waals surface area contributed by atoms with Gasteiger partial charge in [0.25, 0.3) is 11.8 Å². The van der Waals surface area contributed by atoms with Gasteiger partial charge >= 0.3 is 0 Å². The van der Waals surface area contributed by atoms with E-state index >= 15 is 0 Å². The Morgan fingerprint density at radius 1 is 0.694 bits per heavy atom. The maximum atomic E-state index is 14.0. The van der Waals surface area contributed by atoms with Crippen LogP contribution in [0.2, 0.25) is 0 Å². The fourth-order valence-corrected chi connectivity index (χ4v) is 8.86. The molecule has 8 rings (SSSR count). The molecule has 4 aromatic carbocycles. The molecule has 0 spiro atoms. The van der Waals surface area contributed by atoms with E-state index in [1.807, 2.05) is 94.8 Å². The Kier molecular flexibility index (Phi) is 15.8. The molecule has 4 aliphatic rings. The number of aryl methyl sites for hydroxylation is 1. The molecule has 376 valence electrons. The molecule has 4 atom stereocenters. The second-order valence-electron chi connectivity index (χ2n) is 18.3. The molecular weight excluding hydrogens is 919 g/mol. The Morgan fingerprint density at radius 3 is 1.83 bits per heavy atom. The maximum absolute atomic E-state index is 14.0. The Balaban J connectivity index is 0.830. The largest absolute Gasteiger partial charge is 0.497 e. The van der Waals surface area contributed by atoms with Gasteiger partial charge in [-0.05, 0) is 90.9 Å². The predicted molar refractivity (Wildman–Crippen MR) is 275 cm³/mol. The Bertz CT molecular complexity index is 2840. The van der Waals surface area contributed by atoms with E-state index < -0.39 is 23.9 Å². The van der Waals surface area contributed by atoms with E-state index in [4.69, 9.17) is 33.7 Å². The minimum atomic E-state index is -0.877. The molecule has 0 fully saturated rings. The standard InChI is InChI=1S/C55H61N7O10/c1-8-70-21-18-50(63)60-51(32(2)3)53(65)58-34(5)52(64)59-39-14-10-35(11-15-39)37-23-41-29-57-46-27-49(48(69-7)25-44(46)55(67)62(41)30-37)72-20-9-19-71-47-26-45-43(22-33(47)4)54(66)61-31-38(24-40(61)28-56-45)36-12-16-42(68-6)17-13-36/h10-17,22,25-32,34,40-41,51H,8-9,18-21,23-24H2,1-7H3,(H,58,65)(H,59,64)(H,60,63)/t34-,40-,41-,51-/m0/s1. The predicted octanol–water partition coefficient (Wildman–Crippen LogP) is 7.81. The van der Waals surface area contributed by atoms with Crippen LogP contribution in [-0.2, 0) is 19.1 Å². The molecule has 5 amide bonds. The van der Waals surface area contributed by atoms with Crippen molar-refractivity contribution in [3.8, 4) is 23.0 Å². The highest BCUT2D eigenvalue weighted by molar-refractivity contribution is 6.06. The zero-order chi connectivity index (χ0) is 51.1. The number of ether oxygens (including phenoxy) is 5. The van der Waals surface area contributed by atoms with E-state index in [2.05, 4.69) is 16.0 Å². The van der Waals surface area contributed by atoms with E-state index in [-0.39, 0.29) is 48.8 Å². The van der Waals surface area contributed by atoms with Crippen molar-refractivity contribution in [3.05, 3.63) is 113 Å². The second-order valence-corrected chi connectivity index (χ2v) is 18.3. The van der Waals surface area contributed by atoms with Crippen molar-refractivity contribution in [1.82, 2.24) is 20.4 Å². The van der Waals surface area contributed by atoms with Crippen molar-refractivity contribution in [2.45, 2.75) is 84.5 Å². The summed E-state index contributed by atoms with van der Waals surface area (Å²) >= 11 is 0. The number of hydrogen-bond donors (Lipinski definition) is 3. The lowest BCUT2D eigenvalue weighted by atomic mass is 10.0. The van der Waals surface area contributed by atoms with Crippen molar-refractivity contribution < 1.29 is 47.7 Å². The monoisotopic (exact) mass is 979 g/mol. The summed E-state index contributed by atoms with van der Waals surface area (Å²) in [4.78, 5) is 79.2. The summed E-state index contributed by atoms with van der Waals surface area (Å²) in [5.41, 5.74) is 7.14. The number of rotatable bonds is 20. The molecule has 0 aromatic heterocycles. The highest BCUT2D eigenvalue weighted by Gasteiger charge is 2.35. The number of aliphatic imine (C=N–C) groups is 2. The number of methoxy groups -OCH3 is 2. The van der Waals surface area contributed by atoms with Gasteiger partial charge < -0.3 is 49.4 Å². The summed E-state index contributed by atoms with van der Waals surface area (Å²) in [7, 11) is 3.16. The minimum absolute atomic E-state index is 0.110. The van der Waals surface area contributed by atoms with Crippen molar-refractivity contribution in [2.75, 3.05) is 46.0 Å². The van der Waals surface area contributed by atoms with Crippen LogP contribution in [0.15, 0.2) is 95.2 Å². The van der Waals surface area contributed by atoms with Crippen LogP contribution in [0.25, 0.3) is 11.1 Å². The van der Waals surface area contributed by atoms with Crippen LogP contribution in [0.3, 0.4) is 0 Å². The number of nitrogens with one attached hydrogen (secondary N) is 3. The molecule has 17 nitrogen and oxygen atoms in total. The first-order chi connectivity index (χ1) is 34.7. The number of benzene rings is 4. The summed E-state index contributed by atoms with van der Waals surface area (Å²) in [6, 6.07) is 19.9. The zero-order valence-electron chi connectivity index (χ0n) is 41.7. The normalized spacial score (nSPS) is 17.3. The van der Waals surface area contributed by atoms with Crippen LogP contribution in [0.5, 0.6) is 23.0 Å². The van der Waals surface area contributed by atoms with Crippen LogP contribution in [-0.4, -0.2) is 117 Å². The summed E-state index contributed by atoms with van der Waals surface area (Å²) in [6.45, 7) is 10.3. The van der Waals surface area contributed by atoms with Gasteiger partial charge in [0.15, 0.2) is 11.5 Å². The van der Waals surface area contributed by atoms with Crippen LogP contribution >= 0.6 is 0 Å². The first-order valence-electron chi connectivity index (χ1n) is 24.3. The maximum Gasteiger partial charge on any atom is 0.260 e. The third kappa shape index (κ3) is 11.4. The van der Waals surface area contributed by atoms with Crippen LogP contribution < -0.4 is 34.9 Å². The molecule has 0 bridgehead atoms. The van der Waals surface area contributed by atoms with Gasteiger partial charge in [-0.2, -0.15) is 0 Å². The third-order valence-corrected chi connectivity index (χ3v) is 12.9. The number of carbonyl (C=O) groups is 5. The number of nitrogens with zero attached hydrogens (tertiary/aromatic N) is 4. The quantitative estimate of drug-likeness (QED) is 0.0734. The molecule has 4 aliphatic heterocycles. The summed E-state index contributed by atoms with van der Waals surface area (Å²) in [5, 5.41) is 8.30. The first kappa shape index (κ1) is 50.6. The van der Waals surface area contributed by atoms with Gasteiger partial charge in [0, 0.05) is 74.9 Å². The van der Waals surface area contributed by atoms with Gasteiger partial charge in [-0.3, -0.25) is 34.0 Å². The van der Waals surface area contributed by atoms with E-state index in [1.54, 1.807) is 54.3 Å². The fourth-order valence-electron chi connectivity index (χ4n) is 8.86. The molecular formula is C55H61N7O10. The molecule has 0 unspecified atom stereocenters. The number of fused-ring (bicyclic) bond motifs is 4. The van der Waals surface area contributed by atoms with Gasteiger partial charge in [0.2, 0.25) is 17.7 Å². The van der Waals surface area contributed by atoms with Crippen molar-refractivity contribution in [1.29, 1.82) is 0 Å². The lowest BCUT2D eigenvalue weighted by Gasteiger charge is -2.24. The molecule has 0 radical (unpaired) electrons. The lowest BCUT2D eigenvalue weighted by molar-refractivity contribution is -0.132. The van der Waals surface area contributed by atoms with Crippen LogP contribution in [0, 0.1) is 12.8 Å². The van der Waals surface area contributed by atoms with Gasteiger partial charge in [0.1, 0.15) is 23.6 Å². The highest BCUT2D eigenvalue weighted by Crippen LogP contribution is 2.41. The average molecular weight is 980 g/mol. The molecule has 4 heterocycles. The first-order valence-corrected chi connectivity index (χ1v) is 24.3. The van der Waals surface area contributed by atoms with Gasteiger partial charge in [-0.1, -0.05) is 38.1 Å². The lowest BCUT2D eigenvalue weighted by Crippen LogP contribution is -2.53. The average Bonchev–Trinajstić information content (AvgIpc) is 3.96. The van der Waals surface area contributed by atoms with Crippen molar-refractivity contribution in [2.24, 2.45) is 15.9 Å². The fraction of sp³-hybridized carbons (Fsp3) is 0.364. The van der Waals surface area contributed by atoms with E-state index in [9.17, 15) is 24.0 Å². The summed E-state index contributed by atoms with van der Waals surface area (Å²) in [5.74, 6) is 0.517. The second kappa shape index (κ2) is 22.5. The van der Waals surface area contributed by atoms with Crippen molar-refractivity contribution in [3.63, 3.8) is 0 Å². The molecule has 4 aromatic rings. The zero-order valence-corrected chi connectivity index (χ0v) is 41.7. The Morgan fingerprint density at radius 2 is 1.26 bits per heavy atom. The van der Waals surface area contributed by atoms with Gasteiger partial charge in [0.05, 0.1) is 68.6 Å². The molecule has 72 heavy (non-hydrogen) atoms. The molecule has 0 saturated carbocycles. The Labute approximate surface area is 419 Å².